The molecule has 3 heterocycles. The van der Waals surface area contributed by atoms with Crippen LogP contribution in [0.5, 0.6) is 0 Å². The largest absolute Gasteiger partial charge is 0.417 e. The fraction of sp³-hybridized carbons (Fsp3) is 0.429. The summed E-state index contributed by atoms with van der Waals surface area (Å²) in [5, 5.41) is -0.507. The molecule has 2 aromatic heterocycles. The van der Waals surface area contributed by atoms with Gasteiger partial charge in [0.25, 0.3) is 5.92 Å². The van der Waals surface area contributed by atoms with Crippen molar-refractivity contribution in [3.8, 4) is 0 Å². The molecule has 2 N–H and O–H groups in total. The average molecular weight is 509 g/mol. The van der Waals surface area contributed by atoms with Gasteiger partial charge in [0, 0.05) is 18.8 Å². The number of Topliss-reactive ketones (excluding diaryl/α,β-unsaturated/α-hetero) is 1. The Morgan fingerprint density at radius 2 is 1.88 bits per heavy atom. The van der Waals surface area contributed by atoms with Crippen molar-refractivity contribution in [2.75, 3.05) is 6.61 Å². The van der Waals surface area contributed by atoms with Crippen LogP contribution in [0, 0.1) is 5.82 Å². The molecule has 0 amide bonds. The fourth-order valence-electron chi connectivity index (χ4n) is 3.24. The summed E-state index contributed by atoms with van der Waals surface area (Å²) in [7, 11) is 0. The number of carbonyl (C=O) groups is 1. The van der Waals surface area contributed by atoms with Gasteiger partial charge in [0.05, 0.1) is 23.6 Å². The van der Waals surface area contributed by atoms with Crippen LogP contribution in [0.2, 0.25) is 5.02 Å². The van der Waals surface area contributed by atoms with Gasteiger partial charge in [-0.15, -0.1) is 0 Å². The van der Waals surface area contributed by atoms with Crippen molar-refractivity contribution in [3.05, 3.63) is 57.9 Å². The van der Waals surface area contributed by atoms with Crippen molar-refractivity contribution in [1.29, 1.82) is 0 Å². The van der Waals surface area contributed by atoms with E-state index in [1.54, 1.807) is 0 Å². The molecule has 1 aliphatic rings. The molecule has 0 fully saturated rings. The molecule has 3 rings (SSSR count). The molecule has 0 unspecified atom stereocenters. The minimum Gasteiger partial charge on any atom is -0.385 e. The van der Waals surface area contributed by atoms with Crippen LogP contribution in [0.25, 0.3) is 0 Å². The summed E-state index contributed by atoms with van der Waals surface area (Å²) in [6, 6.07) is 2.74. The van der Waals surface area contributed by atoms with Gasteiger partial charge in [-0.05, 0) is 32.0 Å². The Balaban J connectivity index is 1.91. The molecule has 0 aliphatic carbocycles. The molecule has 2 aromatic rings. The first-order chi connectivity index (χ1) is 15.5. The maximum Gasteiger partial charge on any atom is 0.417 e. The smallest absolute Gasteiger partial charge is 0.385 e. The Hall–Kier alpha value is -2.73. The number of ether oxygens (including phenoxy) is 1. The number of hydrogen-bond acceptors (Lipinski definition) is 6. The molecular formula is C21H19ClF6N4O2. The van der Waals surface area contributed by atoms with E-state index in [0.717, 1.165) is 13.0 Å². The number of rotatable bonds is 5. The first-order valence-corrected chi connectivity index (χ1v) is 10.2. The maximum absolute atomic E-state index is 14.6. The summed E-state index contributed by atoms with van der Waals surface area (Å²) < 4.78 is 86.2. The third kappa shape index (κ3) is 4.74. The van der Waals surface area contributed by atoms with E-state index in [1.165, 1.54) is 13.0 Å². The summed E-state index contributed by atoms with van der Waals surface area (Å²) in [6.45, 7) is 2.56. The molecule has 1 aliphatic heterocycles. The molecule has 0 bridgehead atoms. The van der Waals surface area contributed by atoms with Gasteiger partial charge < -0.3 is 10.5 Å². The molecule has 0 aromatic carbocycles. The number of pyridine rings is 2. The summed E-state index contributed by atoms with van der Waals surface area (Å²) >= 11 is 5.80. The highest BCUT2D eigenvalue weighted by atomic mass is 35.5. The second-order valence-corrected chi connectivity index (χ2v) is 8.67. The summed E-state index contributed by atoms with van der Waals surface area (Å²) in [6.07, 6.45) is -4.70. The number of alkyl halides is 5. The van der Waals surface area contributed by atoms with Crippen molar-refractivity contribution >= 4 is 23.2 Å². The van der Waals surface area contributed by atoms with Gasteiger partial charge in [-0.25, -0.2) is 13.2 Å². The van der Waals surface area contributed by atoms with E-state index in [0.29, 0.717) is 19.2 Å². The second-order valence-electron chi connectivity index (χ2n) is 8.27. The van der Waals surface area contributed by atoms with Crippen molar-refractivity contribution < 1.29 is 35.9 Å². The highest BCUT2D eigenvalue weighted by Gasteiger charge is 2.55. The van der Waals surface area contributed by atoms with Crippen molar-refractivity contribution in [1.82, 2.24) is 9.97 Å². The predicted molar refractivity (Wildman–Crippen MR) is 110 cm³/mol. The van der Waals surface area contributed by atoms with E-state index in [-0.39, 0.29) is 11.4 Å². The molecular weight excluding hydrogens is 490 g/mol. The van der Waals surface area contributed by atoms with Crippen LogP contribution in [0.4, 0.5) is 26.3 Å². The number of nitrogens with zero attached hydrogens (tertiary/aromatic N) is 3. The minimum atomic E-state index is -4.69. The van der Waals surface area contributed by atoms with E-state index in [1.807, 2.05) is 0 Å². The van der Waals surface area contributed by atoms with Gasteiger partial charge in [0.1, 0.15) is 28.6 Å². The Kier molecular flexibility index (Phi) is 6.46. The zero-order valence-corrected chi connectivity index (χ0v) is 18.9. The third-order valence-corrected chi connectivity index (χ3v) is 5.81. The number of amidine groups is 1. The quantitative estimate of drug-likeness (QED) is 0.466. The SMILES string of the molecule is CC(F)(F)[C@]1(C)OC[C@@](C)(c2nc(CC(=O)c3ncc(C(F)(F)F)cc3Cl)ccc2F)N=C1N. The van der Waals surface area contributed by atoms with Crippen LogP contribution in [-0.2, 0) is 22.9 Å². The summed E-state index contributed by atoms with van der Waals surface area (Å²) in [4.78, 5) is 24.2. The van der Waals surface area contributed by atoms with Gasteiger partial charge in [0.2, 0.25) is 0 Å². The van der Waals surface area contributed by atoms with Gasteiger partial charge in [-0.2, -0.15) is 13.2 Å². The lowest BCUT2D eigenvalue weighted by molar-refractivity contribution is -0.167. The second kappa shape index (κ2) is 8.49. The Morgan fingerprint density at radius 1 is 1.24 bits per heavy atom. The van der Waals surface area contributed by atoms with E-state index in [2.05, 4.69) is 15.0 Å². The fourth-order valence-corrected chi connectivity index (χ4v) is 3.51. The lowest BCUT2D eigenvalue weighted by atomic mass is 9.90. The Labute approximate surface area is 195 Å². The van der Waals surface area contributed by atoms with Crippen LogP contribution in [0.15, 0.2) is 29.4 Å². The first kappa shape index (κ1) is 25.9. The van der Waals surface area contributed by atoms with Crippen molar-refractivity contribution in [3.63, 3.8) is 0 Å². The molecule has 2 atom stereocenters. The highest BCUT2D eigenvalue weighted by Crippen LogP contribution is 2.40. The van der Waals surface area contributed by atoms with Crippen molar-refractivity contribution in [2.24, 2.45) is 10.7 Å². The number of nitrogens with two attached hydrogens (primary N) is 1. The topological polar surface area (TPSA) is 90.5 Å². The van der Waals surface area contributed by atoms with Gasteiger partial charge in [-0.3, -0.25) is 19.8 Å². The van der Waals surface area contributed by atoms with E-state index in [4.69, 9.17) is 22.1 Å². The zero-order valence-electron chi connectivity index (χ0n) is 18.1. The third-order valence-electron chi connectivity index (χ3n) is 5.52. The van der Waals surface area contributed by atoms with Crippen LogP contribution in [-0.4, -0.2) is 39.7 Å². The summed E-state index contributed by atoms with van der Waals surface area (Å²) in [5.74, 6) is -5.56. The van der Waals surface area contributed by atoms with Crippen LogP contribution >= 0.6 is 11.6 Å². The number of ketones is 1. The maximum atomic E-state index is 14.6. The number of halogens is 7. The lowest BCUT2D eigenvalue weighted by Gasteiger charge is -2.42. The van der Waals surface area contributed by atoms with Gasteiger partial charge in [-0.1, -0.05) is 11.6 Å². The highest BCUT2D eigenvalue weighted by molar-refractivity contribution is 6.33. The number of aromatic nitrogens is 2. The van der Waals surface area contributed by atoms with Crippen LogP contribution < -0.4 is 5.73 Å². The van der Waals surface area contributed by atoms with Crippen LogP contribution in [0.3, 0.4) is 0 Å². The first-order valence-electron chi connectivity index (χ1n) is 9.77. The molecule has 0 saturated heterocycles. The summed E-state index contributed by atoms with van der Waals surface area (Å²) in [5.41, 5.74) is 0.130. The molecule has 0 radical (unpaired) electrons. The van der Waals surface area contributed by atoms with Gasteiger partial charge in [0.15, 0.2) is 11.4 Å². The van der Waals surface area contributed by atoms with E-state index < -0.39 is 70.0 Å². The monoisotopic (exact) mass is 508 g/mol. The molecule has 13 heteroatoms. The predicted octanol–water partition coefficient (Wildman–Crippen LogP) is 4.73. The lowest BCUT2D eigenvalue weighted by Crippen LogP contribution is -2.60. The molecule has 0 spiro atoms. The molecule has 6 nitrogen and oxygen atoms in total. The normalized spacial score (nSPS) is 23.5. The molecule has 0 saturated carbocycles. The van der Waals surface area contributed by atoms with Gasteiger partial charge >= 0.3 is 6.18 Å². The van der Waals surface area contributed by atoms with E-state index >= 15 is 0 Å². The standard InChI is InChI=1S/C21H19ClF6N4O2/c1-18(9-34-19(2,17(29)32-18)20(3,24)25)16-13(23)5-4-11(31-16)7-14(33)15-12(22)6-10(8-30-15)21(26,27)28/h4-6,8H,7,9H2,1-3H3,(H2,29,32)/t18-,19+/m0/s1. The average Bonchev–Trinajstić information content (AvgIpc) is 2.70. The van der Waals surface area contributed by atoms with Crippen molar-refractivity contribution in [2.45, 2.75) is 50.4 Å². The van der Waals surface area contributed by atoms with E-state index in [9.17, 15) is 31.1 Å². The number of carbonyl (C=O) groups excluding carboxylic acids is 1. The minimum absolute atomic E-state index is 0.0170. The molecule has 184 valence electrons. The zero-order chi connectivity index (χ0) is 25.7. The number of hydrogen-bond donors (Lipinski definition) is 1. The van der Waals surface area contributed by atoms with Crippen LogP contribution in [0.1, 0.15) is 48.2 Å². The molecule has 34 heavy (non-hydrogen) atoms. The Morgan fingerprint density at radius 3 is 2.41 bits per heavy atom. The Bertz CT molecular complexity index is 1170. The number of aliphatic imine (C=N–C) groups is 1.